The molecule has 0 aromatic rings. The van der Waals surface area contributed by atoms with Crippen molar-refractivity contribution in [2.75, 3.05) is 45.8 Å². The Morgan fingerprint density at radius 2 is 1.89 bits per heavy atom. The lowest BCUT2D eigenvalue weighted by Crippen LogP contribution is -2.48. The number of hydrogen-bond donors (Lipinski definition) is 1. The molecule has 0 saturated carbocycles. The summed E-state index contributed by atoms with van der Waals surface area (Å²) < 4.78 is 0. The molecule has 2 saturated heterocycles. The number of halogens is 2. The average Bonchev–Trinajstić information content (AvgIpc) is 2.84. The summed E-state index contributed by atoms with van der Waals surface area (Å²) in [6.45, 7) is 11.2. The Morgan fingerprint density at radius 3 is 2.44 bits per heavy atom. The molecule has 1 N–H and O–H groups in total. The molecule has 0 aromatic carbocycles. The first-order valence-electron chi connectivity index (χ1n) is 7.07. The molecule has 2 fully saturated rings. The molecule has 18 heavy (non-hydrogen) atoms. The normalized spacial score (nSPS) is 24.7. The molecule has 0 radical (unpaired) electrons. The number of likely N-dealkylation sites (tertiary alicyclic amines) is 1. The van der Waals surface area contributed by atoms with Crippen molar-refractivity contribution in [3.05, 3.63) is 0 Å². The van der Waals surface area contributed by atoms with Crippen LogP contribution in [0.5, 0.6) is 0 Å². The van der Waals surface area contributed by atoms with Crippen LogP contribution in [-0.4, -0.2) is 61.7 Å². The molecule has 0 aliphatic carbocycles. The van der Waals surface area contributed by atoms with E-state index in [1.54, 1.807) is 0 Å². The molecule has 0 aromatic heterocycles. The van der Waals surface area contributed by atoms with Crippen LogP contribution in [0.4, 0.5) is 0 Å². The van der Waals surface area contributed by atoms with Gasteiger partial charge in [-0.25, -0.2) is 0 Å². The zero-order chi connectivity index (χ0) is 11.2. The Bertz CT molecular complexity index is 193. The molecule has 2 aliphatic rings. The van der Waals surface area contributed by atoms with Gasteiger partial charge in [-0.15, -0.1) is 24.8 Å². The monoisotopic (exact) mass is 297 g/mol. The topological polar surface area (TPSA) is 18.5 Å². The molecular formula is C13H29Cl2N3. The SMILES string of the molecule is CCN(CCN1CCCC1)C1CCCNC1.Cl.Cl. The number of hydrogen-bond acceptors (Lipinski definition) is 3. The first-order chi connectivity index (χ1) is 7.90. The van der Waals surface area contributed by atoms with Gasteiger partial charge in [0.05, 0.1) is 0 Å². The van der Waals surface area contributed by atoms with Crippen molar-refractivity contribution >= 4 is 24.8 Å². The second-order valence-electron chi connectivity index (χ2n) is 5.18. The number of likely N-dealkylation sites (N-methyl/N-ethyl adjacent to an activating group) is 1. The Kier molecular flexibility index (Phi) is 10.5. The van der Waals surface area contributed by atoms with E-state index in [1.807, 2.05) is 0 Å². The summed E-state index contributed by atoms with van der Waals surface area (Å²) >= 11 is 0. The molecule has 2 heterocycles. The molecule has 2 rings (SSSR count). The van der Waals surface area contributed by atoms with Gasteiger partial charge in [-0.3, -0.25) is 4.90 Å². The van der Waals surface area contributed by atoms with E-state index < -0.39 is 0 Å². The summed E-state index contributed by atoms with van der Waals surface area (Å²) in [5.74, 6) is 0. The summed E-state index contributed by atoms with van der Waals surface area (Å²) in [6, 6.07) is 0.793. The Morgan fingerprint density at radius 1 is 1.17 bits per heavy atom. The summed E-state index contributed by atoms with van der Waals surface area (Å²) in [4.78, 5) is 5.30. The van der Waals surface area contributed by atoms with E-state index in [4.69, 9.17) is 0 Å². The van der Waals surface area contributed by atoms with Gasteiger partial charge in [-0.1, -0.05) is 6.92 Å². The summed E-state index contributed by atoms with van der Waals surface area (Å²) in [7, 11) is 0. The summed E-state index contributed by atoms with van der Waals surface area (Å²) in [5, 5.41) is 3.52. The number of nitrogens with one attached hydrogen (secondary N) is 1. The van der Waals surface area contributed by atoms with E-state index in [0.717, 1.165) is 6.04 Å². The van der Waals surface area contributed by atoms with Crippen LogP contribution in [0.1, 0.15) is 32.6 Å². The largest absolute Gasteiger partial charge is 0.315 e. The fraction of sp³-hybridized carbons (Fsp3) is 1.00. The van der Waals surface area contributed by atoms with Crippen molar-refractivity contribution in [2.45, 2.75) is 38.6 Å². The van der Waals surface area contributed by atoms with Crippen molar-refractivity contribution in [2.24, 2.45) is 0 Å². The maximum Gasteiger partial charge on any atom is 0.0221 e. The third-order valence-electron chi connectivity index (χ3n) is 4.10. The molecule has 0 bridgehead atoms. The van der Waals surface area contributed by atoms with Crippen molar-refractivity contribution in [1.29, 1.82) is 0 Å². The van der Waals surface area contributed by atoms with E-state index in [-0.39, 0.29) is 24.8 Å². The quantitative estimate of drug-likeness (QED) is 0.837. The third kappa shape index (κ3) is 5.62. The van der Waals surface area contributed by atoms with Crippen LogP contribution < -0.4 is 5.32 Å². The second-order valence-corrected chi connectivity index (χ2v) is 5.18. The lowest BCUT2D eigenvalue weighted by Gasteiger charge is -2.34. The van der Waals surface area contributed by atoms with Crippen molar-refractivity contribution in [1.82, 2.24) is 15.1 Å². The van der Waals surface area contributed by atoms with Gasteiger partial charge in [0.2, 0.25) is 0 Å². The lowest BCUT2D eigenvalue weighted by molar-refractivity contribution is 0.154. The predicted octanol–water partition coefficient (Wildman–Crippen LogP) is 2.00. The van der Waals surface area contributed by atoms with Crippen molar-refractivity contribution in [3.63, 3.8) is 0 Å². The van der Waals surface area contributed by atoms with E-state index in [0.29, 0.717) is 0 Å². The fourth-order valence-electron chi connectivity index (χ4n) is 3.02. The van der Waals surface area contributed by atoms with E-state index in [2.05, 4.69) is 22.0 Å². The third-order valence-corrected chi connectivity index (χ3v) is 4.10. The standard InChI is InChI=1S/C13H27N3.2ClH/c1-2-16(13-6-5-7-14-12-13)11-10-15-8-3-4-9-15;;/h13-14H,2-12H2,1H3;2*1H. The Balaban J connectivity index is 0.00000144. The minimum atomic E-state index is 0. The molecule has 110 valence electrons. The molecular weight excluding hydrogens is 269 g/mol. The van der Waals surface area contributed by atoms with Gasteiger partial charge in [-0.2, -0.15) is 0 Å². The van der Waals surface area contributed by atoms with Crippen LogP contribution in [0.2, 0.25) is 0 Å². The van der Waals surface area contributed by atoms with Crippen molar-refractivity contribution < 1.29 is 0 Å². The van der Waals surface area contributed by atoms with Gasteiger partial charge in [0.15, 0.2) is 0 Å². The molecule has 1 unspecified atom stereocenters. The smallest absolute Gasteiger partial charge is 0.0221 e. The van der Waals surface area contributed by atoms with Gasteiger partial charge in [0, 0.05) is 25.7 Å². The Hall–Kier alpha value is 0.460. The average molecular weight is 298 g/mol. The zero-order valence-electron chi connectivity index (χ0n) is 11.6. The highest BCUT2D eigenvalue weighted by atomic mass is 35.5. The number of piperidine rings is 1. The second kappa shape index (κ2) is 10.3. The number of nitrogens with zero attached hydrogens (tertiary/aromatic N) is 2. The summed E-state index contributed by atoms with van der Waals surface area (Å²) in [6.07, 6.45) is 5.57. The number of rotatable bonds is 5. The molecule has 0 amide bonds. The minimum absolute atomic E-state index is 0. The van der Waals surface area contributed by atoms with E-state index in [9.17, 15) is 0 Å². The highest BCUT2D eigenvalue weighted by Gasteiger charge is 2.20. The van der Waals surface area contributed by atoms with Crippen LogP contribution in [0.15, 0.2) is 0 Å². The van der Waals surface area contributed by atoms with Gasteiger partial charge in [0.1, 0.15) is 0 Å². The van der Waals surface area contributed by atoms with Gasteiger partial charge < -0.3 is 10.2 Å². The minimum Gasteiger partial charge on any atom is -0.315 e. The molecule has 1 atom stereocenters. The lowest BCUT2D eigenvalue weighted by atomic mass is 10.1. The molecule has 5 heteroatoms. The first-order valence-corrected chi connectivity index (χ1v) is 7.07. The van der Waals surface area contributed by atoms with E-state index in [1.165, 1.54) is 71.5 Å². The van der Waals surface area contributed by atoms with Gasteiger partial charge in [-0.05, 0) is 51.9 Å². The van der Waals surface area contributed by atoms with Gasteiger partial charge in [0.25, 0.3) is 0 Å². The zero-order valence-corrected chi connectivity index (χ0v) is 13.2. The van der Waals surface area contributed by atoms with Crippen LogP contribution >= 0.6 is 24.8 Å². The Labute approximate surface area is 124 Å². The van der Waals surface area contributed by atoms with E-state index >= 15 is 0 Å². The first kappa shape index (κ1) is 18.5. The van der Waals surface area contributed by atoms with Gasteiger partial charge >= 0.3 is 0 Å². The van der Waals surface area contributed by atoms with Crippen LogP contribution in [0.3, 0.4) is 0 Å². The summed E-state index contributed by atoms with van der Waals surface area (Å²) in [5.41, 5.74) is 0. The maximum atomic E-state index is 3.52. The molecule has 0 spiro atoms. The highest BCUT2D eigenvalue weighted by molar-refractivity contribution is 5.85. The predicted molar refractivity (Wildman–Crippen MR) is 83.3 cm³/mol. The van der Waals surface area contributed by atoms with Crippen LogP contribution in [0, 0.1) is 0 Å². The maximum absolute atomic E-state index is 3.52. The van der Waals surface area contributed by atoms with Crippen molar-refractivity contribution in [3.8, 4) is 0 Å². The highest BCUT2D eigenvalue weighted by Crippen LogP contribution is 2.11. The fourth-order valence-corrected chi connectivity index (χ4v) is 3.02. The van der Waals surface area contributed by atoms with Crippen LogP contribution in [-0.2, 0) is 0 Å². The molecule has 3 nitrogen and oxygen atoms in total. The van der Waals surface area contributed by atoms with Crippen LogP contribution in [0.25, 0.3) is 0 Å². The molecule has 2 aliphatic heterocycles.